The maximum atomic E-state index is 14.4. The van der Waals surface area contributed by atoms with Crippen LogP contribution in [0.2, 0.25) is 5.02 Å². The monoisotopic (exact) mass is 729 g/mol. The largest absolute Gasteiger partial charge is 0.496 e. The molecule has 0 radical (unpaired) electrons. The summed E-state index contributed by atoms with van der Waals surface area (Å²) < 4.78 is 14.8. The summed E-state index contributed by atoms with van der Waals surface area (Å²) in [5, 5.41) is 2.57. The van der Waals surface area contributed by atoms with E-state index in [1.807, 2.05) is 106 Å². The van der Waals surface area contributed by atoms with Crippen LogP contribution in [0.5, 0.6) is 11.5 Å². The molecule has 0 saturated carbocycles. The fourth-order valence-electron chi connectivity index (χ4n) is 5.90. The number of amides is 1. The molecule has 4 aromatic carbocycles. The van der Waals surface area contributed by atoms with Crippen LogP contribution in [-0.4, -0.2) is 35.6 Å². The Balaban J connectivity index is 1.47. The Morgan fingerprint density at radius 2 is 1.77 bits per heavy atom. The quantitative estimate of drug-likeness (QED) is 0.160. The predicted octanol–water partition coefficient (Wildman–Crippen LogP) is 7.26. The summed E-state index contributed by atoms with van der Waals surface area (Å²) >= 11 is 10.9. The third kappa shape index (κ3) is 6.40. The highest BCUT2D eigenvalue weighted by Gasteiger charge is 2.36. The Hall–Kier alpha value is -4.18. The zero-order valence-electron chi connectivity index (χ0n) is 26.4. The molecular formula is C37H33BrClN3O4S. The van der Waals surface area contributed by atoms with E-state index in [-0.39, 0.29) is 11.5 Å². The van der Waals surface area contributed by atoms with Gasteiger partial charge in [0.1, 0.15) is 24.1 Å². The number of carbonyl (C=O) groups excluding carboxylic acids is 1. The second-order valence-electron chi connectivity index (χ2n) is 11.1. The maximum Gasteiger partial charge on any atom is 0.271 e. The normalized spacial score (nSPS) is 14.6. The van der Waals surface area contributed by atoms with Gasteiger partial charge in [-0.1, -0.05) is 71.5 Å². The molecule has 0 aliphatic carbocycles. The highest BCUT2D eigenvalue weighted by molar-refractivity contribution is 9.10. The number of aromatic nitrogens is 1. The summed E-state index contributed by atoms with van der Waals surface area (Å²) in [6, 6.07) is 24.3. The minimum atomic E-state index is -0.738. The van der Waals surface area contributed by atoms with Gasteiger partial charge in [0.2, 0.25) is 0 Å². The van der Waals surface area contributed by atoms with E-state index in [4.69, 9.17) is 26.1 Å². The van der Waals surface area contributed by atoms with Crippen LogP contribution in [0, 0.1) is 0 Å². The summed E-state index contributed by atoms with van der Waals surface area (Å²) in [4.78, 5) is 35.7. The van der Waals surface area contributed by atoms with Crippen molar-refractivity contribution in [2.75, 3.05) is 20.2 Å². The summed E-state index contributed by atoms with van der Waals surface area (Å²) in [6.45, 7) is 7.20. The fourth-order valence-corrected chi connectivity index (χ4v) is 7.59. The van der Waals surface area contributed by atoms with E-state index in [1.165, 1.54) is 11.3 Å². The number of thiazole rings is 1. The number of nitrogens with zero attached hydrogens (tertiary/aromatic N) is 3. The summed E-state index contributed by atoms with van der Waals surface area (Å²) in [6.07, 6.45) is 1.85. The van der Waals surface area contributed by atoms with E-state index in [2.05, 4.69) is 15.9 Å². The van der Waals surface area contributed by atoms with Crippen LogP contribution in [-0.2, 0) is 11.4 Å². The molecule has 47 heavy (non-hydrogen) atoms. The van der Waals surface area contributed by atoms with Gasteiger partial charge in [-0.15, -0.1) is 0 Å². The first-order valence-electron chi connectivity index (χ1n) is 15.3. The molecule has 0 N–H and O–H groups in total. The zero-order chi connectivity index (χ0) is 33.2. The van der Waals surface area contributed by atoms with E-state index in [9.17, 15) is 9.59 Å². The first-order valence-corrected chi connectivity index (χ1v) is 17.3. The first kappa shape index (κ1) is 32.7. The van der Waals surface area contributed by atoms with Gasteiger partial charge < -0.3 is 14.4 Å². The lowest BCUT2D eigenvalue weighted by Crippen LogP contribution is -2.43. The number of methoxy groups -OCH3 is 1. The van der Waals surface area contributed by atoms with Crippen molar-refractivity contribution in [3.63, 3.8) is 0 Å². The van der Waals surface area contributed by atoms with Crippen molar-refractivity contribution in [3.05, 3.63) is 136 Å². The van der Waals surface area contributed by atoms with E-state index >= 15 is 0 Å². The lowest BCUT2D eigenvalue weighted by Gasteiger charge is -2.30. The number of halogens is 2. The number of carbonyl (C=O) groups is 1. The second-order valence-corrected chi connectivity index (χ2v) is 13.4. The molecule has 0 fully saturated rings. The van der Waals surface area contributed by atoms with Crippen molar-refractivity contribution in [1.82, 2.24) is 9.47 Å². The summed E-state index contributed by atoms with van der Waals surface area (Å²) in [5.74, 6) is 1.13. The number of allylic oxidation sites excluding steroid dienone is 1. The molecule has 0 unspecified atom stereocenters. The highest BCUT2D eigenvalue weighted by Crippen LogP contribution is 2.40. The van der Waals surface area contributed by atoms with Crippen molar-refractivity contribution < 1.29 is 14.3 Å². The van der Waals surface area contributed by atoms with Gasteiger partial charge in [-0.3, -0.25) is 14.2 Å². The highest BCUT2D eigenvalue weighted by atomic mass is 79.9. The van der Waals surface area contributed by atoms with Crippen molar-refractivity contribution >= 4 is 61.6 Å². The van der Waals surface area contributed by atoms with Crippen LogP contribution in [0.15, 0.2) is 104 Å². The second kappa shape index (κ2) is 13.9. The molecule has 6 rings (SSSR count). The van der Waals surface area contributed by atoms with Crippen molar-refractivity contribution in [2.45, 2.75) is 33.4 Å². The molecule has 0 bridgehead atoms. The standard InChI is InChI=1S/C37H33BrClN3O4S/c1-5-41(6-2)36(44)32-22(3)40-37-42(34(32)33-27-10-8-7-9-25(27)14-18-30(33)45-4)35(43)31(47-37)20-24-13-17-29(28(38)19-24)46-21-23-11-15-26(39)16-12-23/h7-20,34H,5-6,21H2,1-4H3/b31-20+/t34-/m0/s1. The summed E-state index contributed by atoms with van der Waals surface area (Å²) in [5.41, 5.74) is 3.39. The van der Waals surface area contributed by atoms with Gasteiger partial charge >= 0.3 is 0 Å². The average Bonchev–Trinajstić information content (AvgIpc) is 3.38. The smallest absolute Gasteiger partial charge is 0.271 e. The number of ether oxygens (including phenoxy) is 2. The van der Waals surface area contributed by atoms with Crippen molar-refractivity contribution in [2.24, 2.45) is 4.99 Å². The Morgan fingerprint density at radius 1 is 1.04 bits per heavy atom. The Labute approximate surface area is 290 Å². The molecule has 1 aliphatic rings. The molecule has 0 saturated heterocycles. The number of rotatable bonds is 9. The van der Waals surface area contributed by atoms with Crippen LogP contribution in [0.4, 0.5) is 0 Å². The number of fused-ring (bicyclic) bond motifs is 2. The Bertz CT molecular complexity index is 2200. The molecule has 2 heterocycles. The van der Waals surface area contributed by atoms with Crippen molar-refractivity contribution in [1.29, 1.82) is 0 Å². The zero-order valence-corrected chi connectivity index (χ0v) is 29.6. The van der Waals surface area contributed by atoms with Gasteiger partial charge in [0.05, 0.1) is 27.4 Å². The van der Waals surface area contributed by atoms with Gasteiger partial charge in [-0.25, -0.2) is 4.99 Å². The minimum Gasteiger partial charge on any atom is -0.496 e. The summed E-state index contributed by atoms with van der Waals surface area (Å²) in [7, 11) is 1.61. The molecule has 1 amide bonds. The van der Waals surface area contributed by atoms with Crippen molar-refractivity contribution in [3.8, 4) is 11.5 Å². The van der Waals surface area contributed by atoms with Gasteiger partial charge in [0.25, 0.3) is 11.5 Å². The predicted molar refractivity (Wildman–Crippen MR) is 192 cm³/mol. The van der Waals surface area contributed by atoms with E-state index < -0.39 is 6.04 Å². The Morgan fingerprint density at radius 3 is 2.47 bits per heavy atom. The van der Waals surface area contributed by atoms with E-state index in [1.54, 1.807) is 16.6 Å². The van der Waals surface area contributed by atoms with Crippen LogP contribution in [0.25, 0.3) is 16.8 Å². The molecule has 1 aliphatic heterocycles. The maximum absolute atomic E-state index is 14.4. The first-order chi connectivity index (χ1) is 22.7. The van der Waals surface area contributed by atoms with E-state index in [0.29, 0.717) is 56.8 Å². The van der Waals surface area contributed by atoms with Crippen LogP contribution < -0.4 is 24.4 Å². The van der Waals surface area contributed by atoms with Crippen LogP contribution in [0.1, 0.15) is 43.5 Å². The molecular weight excluding hydrogens is 698 g/mol. The lowest BCUT2D eigenvalue weighted by atomic mass is 9.90. The van der Waals surface area contributed by atoms with Gasteiger partial charge in [-0.2, -0.15) is 0 Å². The number of benzene rings is 4. The third-order valence-corrected chi connectivity index (χ3v) is 10.1. The van der Waals surface area contributed by atoms with Gasteiger partial charge in [0.15, 0.2) is 4.80 Å². The van der Waals surface area contributed by atoms with Crippen LogP contribution >= 0.6 is 38.9 Å². The molecule has 240 valence electrons. The molecule has 7 nitrogen and oxygen atoms in total. The minimum absolute atomic E-state index is 0.149. The average molecular weight is 731 g/mol. The molecule has 5 aromatic rings. The van der Waals surface area contributed by atoms with Crippen LogP contribution in [0.3, 0.4) is 0 Å². The third-order valence-electron chi connectivity index (χ3n) is 8.29. The number of hydrogen-bond acceptors (Lipinski definition) is 6. The van der Waals surface area contributed by atoms with Gasteiger partial charge in [0, 0.05) is 23.7 Å². The lowest BCUT2D eigenvalue weighted by molar-refractivity contribution is -0.127. The van der Waals surface area contributed by atoms with Gasteiger partial charge in [-0.05, 0) is 95.0 Å². The molecule has 10 heteroatoms. The topological polar surface area (TPSA) is 73.1 Å². The molecule has 0 spiro atoms. The van der Waals surface area contributed by atoms with E-state index in [0.717, 1.165) is 31.9 Å². The number of hydrogen-bond donors (Lipinski definition) is 0. The Kier molecular flexibility index (Phi) is 9.68. The fraction of sp³-hybridized carbons (Fsp3) is 0.216. The SMILES string of the molecule is CCN(CC)C(=O)C1=C(C)N=c2s/c(=C/c3ccc(OCc4ccc(Cl)cc4)c(Br)c3)c(=O)n2[C@@H]1c1c(OC)ccc2ccccc12. The molecule has 1 atom stereocenters. The number of likely N-dealkylation sites (N-methyl/N-ethyl adjacent to an activating group) is 1. The molecule has 1 aromatic heterocycles.